The van der Waals surface area contributed by atoms with Crippen molar-refractivity contribution in [3.8, 4) is 0 Å². The molecule has 0 radical (unpaired) electrons. The molecule has 0 aliphatic rings. The highest BCUT2D eigenvalue weighted by molar-refractivity contribution is 7.47. The Labute approximate surface area is 557 Å². The first kappa shape index (κ1) is 86.9. The summed E-state index contributed by atoms with van der Waals surface area (Å²) in [6, 6.07) is 0. The molecule has 2 unspecified atom stereocenters. The van der Waals surface area contributed by atoms with E-state index in [2.05, 4.69) is 111 Å². The molecule has 0 aromatic rings. The normalized spacial score (nSPS) is 13.6. The van der Waals surface area contributed by atoms with Gasteiger partial charge in [-0.05, 0) is 96.3 Å². The van der Waals surface area contributed by atoms with E-state index in [0.717, 1.165) is 83.5 Å². The molecular formula is C80H145NO8P+. The predicted molar refractivity (Wildman–Crippen MR) is 390 cm³/mol. The third kappa shape index (κ3) is 74.0. The molecule has 0 spiro atoms. The molecule has 1 N–H and O–H groups in total. The molecule has 0 rings (SSSR count). The molecule has 10 heteroatoms. The molecule has 0 aromatic carbocycles. The van der Waals surface area contributed by atoms with Gasteiger partial charge in [-0.3, -0.25) is 18.6 Å². The summed E-state index contributed by atoms with van der Waals surface area (Å²) in [6.07, 6.45) is 98.2. The summed E-state index contributed by atoms with van der Waals surface area (Å²) in [5, 5.41) is 0. The van der Waals surface area contributed by atoms with Crippen molar-refractivity contribution in [2.24, 2.45) is 0 Å². The van der Waals surface area contributed by atoms with Crippen molar-refractivity contribution in [1.82, 2.24) is 0 Å². The van der Waals surface area contributed by atoms with Crippen LogP contribution in [0.15, 0.2) is 97.2 Å². The van der Waals surface area contributed by atoms with Crippen LogP contribution in [0.5, 0.6) is 0 Å². The molecule has 0 fully saturated rings. The number of unbranched alkanes of at least 4 members (excludes halogenated alkanes) is 40. The van der Waals surface area contributed by atoms with Crippen molar-refractivity contribution in [3.63, 3.8) is 0 Å². The second-order valence-electron chi connectivity index (χ2n) is 26.7. The fourth-order valence-corrected chi connectivity index (χ4v) is 11.6. The van der Waals surface area contributed by atoms with Crippen molar-refractivity contribution < 1.29 is 42.1 Å². The molecular weight excluding hydrogens is 1130 g/mol. The number of phosphoric acid groups is 1. The molecule has 9 nitrogen and oxygen atoms in total. The van der Waals surface area contributed by atoms with E-state index in [-0.39, 0.29) is 32.0 Å². The van der Waals surface area contributed by atoms with Gasteiger partial charge in [0, 0.05) is 12.8 Å². The van der Waals surface area contributed by atoms with E-state index in [4.69, 9.17) is 18.5 Å². The largest absolute Gasteiger partial charge is 0.472 e. The molecule has 0 saturated heterocycles. The highest BCUT2D eigenvalue weighted by atomic mass is 31.2. The van der Waals surface area contributed by atoms with Gasteiger partial charge in [0.2, 0.25) is 0 Å². The number of nitrogens with zero attached hydrogens (tertiary/aromatic N) is 1. The number of carbonyl (C=O) groups excluding carboxylic acids is 2. The molecule has 0 heterocycles. The van der Waals surface area contributed by atoms with E-state index in [1.807, 2.05) is 21.1 Å². The minimum absolute atomic E-state index is 0.0293. The van der Waals surface area contributed by atoms with Crippen molar-refractivity contribution in [2.45, 2.75) is 354 Å². The van der Waals surface area contributed by atoms with Crippen LogP contribution in [0.3, 0.4) is 0 Å². The van der Waals surface area contributed by atoms with Gasteiger partial charge in [-0.1, -0.05) is 336 Å². The van der Waals surface area contributed by atoms with Gasteiger partial charge in [-0.2, -0.15) is 0 Å². The lowest BCUT2D eigenvalue weighted by atomic mass is 10.0. The molecule has 0 aromatic heterocycles. The van der Waals surface area contributed by atoms with E-state index in [9.17, 15) is 19.0 Å². The van der Waals surface area contributed by atoms with Crippen molar-refractivity contribution in [1.29, 1.82) is 0 Å². The van der Waals surface area contributed by atoms with Gasteiger partial charge >= 0.3 is 19.8 Å². The van der Waals surface area contributed by atoms with Crippen LogP contribution in [0, 0.1) is 0 Å². The number of phosphoric ester groups is 1. The van der Waals surface area contributed by atoms with Crippen molar-refractivity contribution >= 4 is 19.8 Å². The van der Waals surface area contributed by atoms with Gasteiger partial charge in [-0.15, -0.1) is 0 Å². The first-order valence-corrected chi connectivity index (χ1v) is 39.5. The number of esters is 2. The van der Waals surface area contributed by atoms with E-state index in [0.29, 0.717) is 17.4 Å². The van der Waals surface area contributed by atoms with Crippen LogP contribution in [-0.2, 0) is 32.7 Å². The maximum atomic E-state index is 12.9. The molecule has 0 saturated carbocycles. The lowest BCUT2D eigenvalue weighted by Gasteiger charge is -2.24. The van der Waals surface area contributed by atoms with Gasteiger partial charge in [0.1, 0.15) is 19.8 Å². The summed E-state index contributed by atoms with van der Waals surface area (Å²) in [5.74, 6) is -0.790. The number of likely N-dealkylation sites (N-methyl/N-ethyl adjacent to an activating group) is 1. The summed E-state index contributed by atoms with van der Waals surface area (Å²) < 4.78 is 34.8. The average molecular weight is 1280 g/mol. The zero-order valence-electron chi connectivity index (χ0n) is 59.6. The SMILES string of the molecule is CC/C=C\C/C=C\C/C=C\C/C=C\C/C=C\CCCCCCCCCCCCCC(=O)OC(COC(=O)CCCCCCCCCCCCCCCCCCCCCCCCCC/C=C\C/C=C\C/C=C\CCCCCCC)COP(=O)(O)OCC[N+](C)(C)C. The Hall–Kier alpha value is -3.07. The molecule has 2 atom stereocenters. The van der Waals surface area contributed by atoms with E-state index < -0.39 is 26.5 Å². The van der Waals surface area contributed by atoms with Crippen LogP contribution in [0.4, 0.5) is 0 Å². The molecule has 0 aliphatic heterocycles. The Balaban J connectivity index is 3.95. The van der Waals surface area contributed by atoms with Gasteiger partial charge in [0.05, 0.1) is 27.7 Å². The Morgan fingerprint density at radius 3 is 0.944 bits per heavy atom. The lowest BCUT2D eigenvalue weighted by molar-refractivity contribution is -0.870. The van der Waals surface area contributed by atoms with E-state index >= 15 is 0 Å². The Morgan fingerprint density at radius 1 is 0.356 bits per heavy atom. The summed E-state index contributed by atoms with van der Waals surface area (Å²) >= 11 is 0. The zero-order valence-corrected chi connectivity index (χ0v) is 60.5. The van der Waals surface area contributed by atoms with Crippen molar-refractivity contribution in [3.05, 3.63) is 97.2 Å². The first-order valence-electron chi connectivity index (χ1n) is 38.0. The molecule has 90 heavy (non-hydrogen) atoms. The topological polar surface area (TPSA) is 108 Å². The van der Waals surface area contributed by atoms with Crippen LogP contribution in [0.2, 0.25) is 0 Å². The van der Waals surface area contributed by atoms with Crippen LogP contribution in [0.25, 0.3) is 0 Å². The monoisotopic (exact) mass is 1280 g/mol. The molecule has 522 valence electrons. The zero-order chi connectivity index (χ0) is 65.5. The van der Waals surface area contributed by atoms with Gasteiger partial charge in [0.15, 0.2) is 6.10 Å². The van der Waals surface area contributed by atoms with Crippen LogP contribution < -0.4 is 0 Å². The lowest BCUT2D eigenvalue weighted by Crippen LogP contribution is -2.37. The fourth-order valence-electron chi connectivity index (χ4n) is 10.8. The van der Waals surface area contributed by atoms with E-state index in [1.54, 1.807) is 0 Å². The maximum absolute atomic E-state index is 12.9. The second-order valence-corrected chi connectivity index (χ2v) is 28.1. The first-order chi connectivity index (χ1) is 44.0. The van der Waals surface area contributed by atoms with Gasteiger partial charge < -0.3 is 18.9 Å². The van der Waals surface area contributed by atoms with Crippen LogP contribution in [0.1, 0.15) is 348 Å². The number of quaternary nitrogens is 1. The number of hydrogen-bond donors (Lipinski definition) is 1. The number of allylic oxidation sites excluding steroid dienone is 16. The number of carbonyl (C=O) groups is 2. The Kier molecular flexibility index (Phi) is 67.9. The summed E-state index contributed by atoms with van der Waals surface area (Å²) in [7, 11) is 1.48. The van der Waals surface area contributed by atoms with E-state index in [1.165, 1.54) is 231 Å². The molecule has 0 aliphatic carbocycles. The number of rotatable bonds is 70. The maximum Gasteiger partial charge on any atom is 0.472 e. The van der Waals surface area contributed by atoms with Gasteiger partial charge in [0.25, 0.3) is 0 Å². The van der Waals surface area contributed by atoms with Crippen LogP contribution in [-0.4, -0.2) is 74.9 Å². The second kappa shape index (κ2) is 70.3. The number of hydrogen-bond acceptors (Lipinski definition) is 7. The Morgan fingerprint density at radius 2 is 0.633 bits per heavy atom. The third-order valence-corrected chi connectivity index (χ3v) is 17.6. The summed E-state index contributed by atoms with van der Waals surface area (Å²) in [5.41, 5.74) is 0. The van der Waals surface area contributed by atoms with Gasteiger partial charge in [-0.25, -0.2) is 4.57 Å². The predicted octanol–water partition coefficient (Wildman–Crippen LogP) is 25.1. The molecule has 0 bridgehead atoms. The standard InChI is InChI=1S/C80H144NO8P/c1-6-8-10-12-14-16-18-20-22-24-26-28-30-32-34-35-36-37-38-39-40-41-42-43-44-45-47-48-50-52-54-56-58-60-62-64-66-68-70-72-79(82)86-76-78(77-88-90(84,85)87-75-74-81(3,4)5)89-80(83)73-71-69-67-65-63-61-59-57-55-53-51-49-46-33-31-29-27-25-23-21-19-17-15-13-11-9-7-2/h9,11,15,17-18,20-21,23-24,26-27,29-30,32-33,46,78H,6-8,10,12-14,16,19,22,25,28,31,34-45,47-77H2,1-5H3/p+1/b11-9-,17-15-,20-18-,23-21-,26-24-,29-27-,32-30-,46-33-. The Bertz CT molecular complexity index is 1840. The fraction of sp³-hybridized carbons (Fsp3) is 0.775. The van der Waals surface area contributed by atoms with Crippen molar-refractivity contribution in [2.75, 3.05) is 47.5 Å². The minimum Gasteiger partial charge on any atom is -0.462 e. The third-order valence-electron chi connectivity index (χ3n) is 16.6. The number of ether oxygens (including phenoxy) is 2. The smallest absolute Gasteiger partial charge is 0.462 e. The quantitative estimate of drug-likeness (QED) is 0.0211. The summed E-state index contributed by atoms with van der Waals surface area (Å²) in [6.45, 7) is 4.34. The minimum atomic E-state index is -4.40. The summed E-state index contributed by atoms with van der Waals surface area (Å²) in [4.78, 5) is 35.9. The average Bonchev–Trinajstić information content (AvgIpc) is 3.61. The molecule has 0 amide bonds. The van der Waals surface area contributed by atoms with Crippen LogP contribution >= 0.6 is 7.82 Å². The highest BCUT2D eigenvalue weighted by Gasteiger charge is 2.27. The highest BCUT2D eigenvalue weighted by Crippen LogP contribution is 2.43.